The molecule has 0 unspecified atom stereocenters. The second-order valence-corrected chi connectivity index (χ2v) is 7.10. The molecule has 1 amide bonds. The van der Waals surface area contributed by atoms with Gasteiger partial charge in [0.25, 0.3) is 0 Å². The number of nitrogens with one attached hydrogen (secondary N) is 3. The van der Waals surface area contributed by atoms with Gasteiger partial charge in [0, 0.05) is 12.6 Å². The third kappa shape index (κ3) is 4.89. The maximum Gasteiger partial charge on any atom is 0.229 e. The number of carbonyl (C=O) groups excluding carboxylic acids is 1. The molecular weight excluding hydrogens is 374 g/mol. The topological polar surface area (TPSA) is 73.4 Å². The molecule has 3 aromatic rings. The van der Waals surface area contributed by atoms with E-state index in [9.17, 15) is 9.90 Å². The summed E-state index contributed by atoms with van der Waals surface area (Å²) in [5, 5.41) is 19.1. The van der Waals surface area contributed by atoms with E-state index < -0.39 is 0 Å². The SMILES string of the molecule is O=C(Cc1ccc(O)cc1)NC1=C(Cc2ccccc2)NC(c2ccccc2)=CN1. The number of phenolic OH excluding ortho intramolecular Hbond substituents is 1. The van der Waals surface area contributed by atoms with Gasteiger partial charge in [-0.1, -0.05) is 72.8 Å². The summed E-state index contributed by atoms with van der Waals surface area (Å²) in [6.07, 6.45) is 2.73. The van der Waals surface area contributed by atoms with E-state index in [1.807, 2.05) is 54.7 Å². The smallest absolute Gasteiger partial charge is 0.229 e. The lowest BCUT2D eigenvalue weighted by atomic mass is 10.1. The zero-order valence-electron chi connectivity index (χ0n) is 16.4. The molecule has 5 heteroatoms. The number of benzene rings is 3. The molecule has 0 radical (unpaired) electrons. The first-order valence-electron chi connectivity index (χ1n) is 9.81. The minimum absolute atomic E-state index is 0.132. The van der Waals surface area contributed by atoms with Crippen LogP contribution in [-0.4, -0.2) is 11.0 Å². The molecular formula is C25H23N3O2. The van der Waals surface area contributed by atoms with Crippen LogP contribution < -0.4 is 16.0 Å². The fourth-order valence-electron chi connectivity index (χ4n) is 3.29. The molecule has 0 spiro atoms. The Bertz CT molecular complexity index is 1070. The molecule has 0 saturated heterocycles. The Labute approximate surface area is 175 Å². The van der Waals surface area contributed by atoms with E-state index in [0.717, 1.165) is 28.1 Å². The molecule has 4 rings (SSSR count). The van der Waals surface area contributed by atoms with Crippen molar-refractivity contribution in [3.8, 4) is 5.75 Å². The monoisotopic (exact) mass is 397 g/mol. The lowest BCUT2D eigenvalue weighted by Gasteiger charge is -2.25. The largest absolute Gasteiger partial charge is 0.508 e. The maximum absolute atomic E-state index is 12.6. The third-order valence-corrected chi connectivity index (χ3v) is 4.82. The van der Waals surface area contributed by atoms with Crippen LogP contribution in [0.4, 0.5) is 0 Å². The predicted octanol–water partition coefficient (Wildman–Crippen LogP) is 3.65. The molecule has 0 aromatic heterocycles. The average Bonchev–Trinajstić information content (AvgIpc) is 2.78. The van der Waals surface area contributed by atoms with Crippen molar-refractivity contribution < 1.29 is 9.90 Å². The van der Waals surface area contributed by atoms with Crippen molar-refractivity contribution in [1.29, 1.82) is 0 Å². The van der Waals surface area contributed by atoms with Crippen LogP contribution in [-0.2, 0) is 17.6 Å². The Hall–Kier alpha value is -3.99. The molecule has 150 valence electrons. The van der Waals surface area contributed by atoms with Crippen LogP contribution in [0.1, 0.15) is 16.7 Å². The van der Waals surface area contributed by atoms with Gasteiger partial charge in [-0.3, -0.25) is 4.79 Å². The summed E-state index contributed by atoms with van der Waals surface area (Å²) >= 11 is 0. The summed E-state index contributed by atoms with van der Waals surface area (Å²) in [7, 11) is 0. The minimum atomic E-state index is -0.132. The number of amides is 1. The van der Waals surface area contributed by atoms with Gasteiger partial charge in [0.05, 0.1) is 17.8 Å². The first kappa shape index (κ1) is 19.3. The van der Waals surface area contributed by atoms with E-state index in [0.29, 0.717) is 12.2 Å². The number of phenols is 1. The number of rotatable bonds is 6. The van der Waals surface area contributed by atoms with E-state index in [-0.39, 0.29) is 18.1 Å². The standard InChI is InChI=1S/C25H23N3O2/c29-21-13-11-19(12-14-21)16-24(30)28-25-22(15-18-7-3-1-4-8-18)27-23(17-26-25)20-9-5-2-6-10-20/h1-14,17,26-27,29H,15-16H2,(H,28,30). The van der Waals surface area contributed by atoms with Gasteiger partial charge in [0.2, 0.25) is 5.91 Å². The summed E-state index contributed by atoms with van der Waals surface area (Å²) in [6, 6.07) is 26.8. The van der Waals surface area contributed by atoms with Gasteiger partial charge in [-0.25, -0.2) is 0 Å². The summed E-state index contributed by atoms with van der Waals surface area (Å²) < 4.78 is 0. The Morgan fingerprint density at radius 2 is 1.50 bits per heavy atom. The molecule has 3 aromatic carbocycles. The van der Waals surface area contributed by atoms with Crippen molar-refractivity contribution in [2.24, 2.45) is 0 Å². The minimum Gasteiger partial charge on any atom is -0.508 e. The maximum atomic E-state index is 12.6. The highest BCUT2D eigenvalue weighted by atomic mass is 16.3. The zero-order valence-corrected chi connectivity index (χ0v) is 16.4. The van der Waals surface area contributed by atoms with Gasteiger partial charge < -0.3 is 21.1 Å². The highest BCUT2D eigenvalue weighted by Gasteiger charge is 2.17. The Morgan fingerprint density at radius 3 is 2.20 bits per heavy atom. The molecule has 0 saturated carbocycles. The van der Waals surface area contributed by atoms with Gasteiger partial charge in [-0.2, -0.15) is 0 Å². The Balaban J connectivity index is 1.53. The molecule has 5 nitrogen and oxygen atoms in total. The van der Waals surface area contributed by atoms with E-state index in [4.69, 9.17) is 0 Å². The number of aromatic hydroxyl groups is 1. The summed E-state index contributed by atoms with van der Waals surface area (Å²) in [5.74, 6) is 0.693. The molecule has 0 fully saturated rings. The lowest BCUT2D eigenvalue weighted by Crippen LogP contribution is -2.38. The highest BCUT2D eigenvalue weighted by molar-refractivity contribution is 5.81. The first-order valence-corrected chi connectivity index (χ1v) is 9.81. The quantitative estimate of drug-likeness (QED) is 0.512. The van der Waals surface area contributed by atoms with Crippen LogP contribution >= 0.6 is 0 Å². The van der Waals surface area contributed by atoms with Gasteiger partial charge in [-0.15, -0.1) is 0 Å². The van der Waals surface area contributed by atoms with Crippen molar-refractivity contribution in [2.45, 2.75) is 12.8 Å². The number of hydrogen-bond donors (Lipinski definition) is 4. The van der Waals surface area contributed by atoms with Crippen LogP contribution in [0.25, 0.3) is 5.70 Å². The van der Waals surface area contributed by atoms with Gasteiger partial charge in [-0.05, 0) is 28.8 Å². The van der Waals surface area contributed by atoms with Crippen LogP contribution in [0.15, 0.2) is 103 Å². The molecule has 30 heavy (non-hydrogen) atoms. The van der Waals surface area contributed by atoms with Crippen molar-refractivity contribution >= 4 is 11.6 Å². The number of hydrogen-bond acceptors (Lipinski definition) is 4. The predicted molar refractivity (Wildman–Crippen MR) is 118 cm³/mol. The van der Waals surface area contributed by atoms with Crippen LogP contribution in [0, 0.1) is 0 Å². The second-order valence-electron chi connectivity index (χ2n) is 7.10. The lowest BCUT2D eigenvalue weighted by molar-refractivity contribution is -0.119. The first-order chi connectivity index (χ1) is 14.7. The van der Waals surface area contributed by atoms with E-state index in [1.54, 1.807) is 24.3 Å². The second kappa shape index (κ2) is 9.01. The summed E-state index contributed by atoms with van der Waals surface area (Å²) in [5.41, 5.74) is 4.87. The number of carbonyl (C=O) groups is 1. The van der Waals surface area contributed by atoms with Crippen molar-refractivity contribution in [2.75, 3.05) is 0 Å². The van der Waals surface area contributed by atoms with E-state index >= 15 is 0 Å². The van der Waals surface area contributed by atoms with Crippen LogP contribution in [0.2, 0.25) is 0 Å². The highest BCUT2D eigenvalue weighted by Crippen LogP contribution is 2.19. The Kier molecular flexibility index (Phi) is 5.80. The fraction of sp³-hybridized carbons (Fsp3) is 0.0800. The van der Waals surface area contributed by atoms with E-state index in [2.05, 4.69) is 28.1 Å². The van der Waals surface area contributed by atoms with Crippen LogP contribution in [0.3, 0.4) is 0 Å². The summed E-state index contributed by atoms with van der Waals surface area (Å²) in [4.78, 5) is 12.6. The van der Waals surface area contributed by atoms with Crippen molar-refractivity contribution in [3.05, 3.63) is 119 Å². The van der Waals surface area contributed by atoms with Gasteiger partial charge in [0.1, 0.15) is 11.6 Å². The van der Waals surface area contributed by atoms with Crippen molar-refractivity contribution in [3.63, 3.8) is 0 Å². The molecule has 4 N–H and O–H groups in total. The fourth-order valence-corrected chi connectivity index (χ4v) is 3.29. The van der Waals surface area contributed by atoms with E-state index in [1.165, 1.54) is 0 Å². The average molecular weight is 397 g/mol. The molecule has 1 heterocycles. The zero-order chi connectivity index (χ0) is 20.8. The Morgan fingerprint density at radius 1 is 0.833 bits per heavy atom. The molecule has 0 aliphatic carbocycles. The summed E-state index contributed by atoms with van der Waals surface area (Å²) in [6.45, 7) is 0. The number of allylic oxidation sites excluding steroid dienone is 1. The van der Waals surface area contributed by atoms with Crippen molar-refractivity contribution in [1.82, 2.24) is 16.0 Å². The third-order valence-electron chi connectivity index (χ3n) is 4.82. The van der Waals surface area contributed by atoms with Gasteiger partial charge >= 0.3 is 0 Å². The van der Waals surface area contributed by atoms with Gasteiger partial charge in [0.15, 0.2) is 0 Å². The normalized spacial score (nSPS) is 13.1. The molecule has 1 aliphatic heterocycles. The molecule has 0 bridgehead atoms. The van der Waals surface area contributed by atoms with Crippen LogP contribution in [0.5, 0.6) is 5.75 Å². The molecule has 1 aliphatic rings. The molecule has 0 atom stereocenters.